The van der Waals surface area contributed by atoms with Crippen LogP contribution in [-0.2, 0) is 0 Å². The summed E-state index contributed by atoms with van der Waals surface area (Å²) in [7, 11) is 0. The molecule has 0 spiro atoms. The van der Waals surface area contributed by atoms with Crippen LogP contribution in [0.15, 0.2) is 24.5 Å². The lowest BCUT2D eigenvalue weighted by atomic mass is 10.2. The van der Waals surface area contributed by atoms with Crippen molar-refractivity contribution in [3.63, 3.8) is 0 Å². The zero-order chi connectivity index (χ0) is 11.1. The van der Waals surface area contributed by atoms with Crippen molar-refractivity contribution in [2.75, 3.05) is 6.61 Å². The quantitative estimate of drug-likeness (QED) is 0.901. The minimum absolute atomic E-state index is 0. The van der Waals surface area contributed by atoms with Crippen LogP contribution < -0.4 is 10.5 Å². The van der Waals surface area contributed by atoms with E-state index in [-0.39, 0.29) is 30.9 Å². The average Bonchev–Trinajstić information content (AvgIpc) is 2.18. The van der Waals surface area contributed by atoms with Crippen molar-refractivity contribution in [3.05, 3.63) is 30.1 Å². The molecule has 1 rings (SSSR count). The summed E-state index contributed by atoms with van der Waals surface area (Å²) < 4.78 is 5.35. The van der Waals surface area contributed by atoms with Gasteiger partial charge in [-0.05, 0) is 31.9 Å². The molecule has 0 aliphatic heterocycles. The molecule has 0 amide bonds. The van der Waals surface area contributed by atoms with Gasteiger partial charge in [0.05, 0.1) is 12.8 Å². The highest BCUT2D eigenvalue weighted by Gasteiger charge is 1.94. The fourth-order valence-electron chi connectivity index (χ4n) is 1.19. The summed E-state index contributed by atoms with van der Waals surface area (Å²) in [6.45, 7) is 4.60. The predicted molar refractivity (Wildman–Crippen MR) is 77.2 cm³/mol. The average molecular weight is 279 g/mol. The van der Waals surface area contributed by atoms with Gasteiger partial charge in [-0.3, -0.25) is 4.98 Å². The van der Waals surface area contributed by atoms with E-state index in [2.05, 4.69) is 11.1 Å². The Morgan fingerprint density at radius 2 is 2.12 bits per heavy atom. The molecule has 0 saturated carbocycles. The van der Waals surface area contributed by atoms with Crippen LogP contribution in [0, 0.1) is 0 Å². The number of nitrogens with zero attached hydrogens (tertiary/aromatic N) is 1. The molecule has 0 fully saturated rings. The summed E-state index contributed by atoms with van der Waals surface area (Å²) in [6.07, 6.45) is 8.46. The van der Waals surface area contributed by atoms with Crippen LogP contribution in [0.2, 0.25) is 0 Å². The van der Waals surface area contributed by atoms with Crippen molar-refractivity contribution in [1.29, 1.82) is 0 Å². The highest BCUT2D eigenvalue weighted by Crippen LogP contribution is 2.12. The van der Waals surface area contributed by atoms with Crippen molar-refractivity contribution in [2.24, 2.45) is 5.73 Å². The van der Waals surface area contributed by atoms with Gasteiger partial charge in [-0.25, -0.2) is 0 Å². The molecule has 98 valence electrons. The Kier molecular flexibility index (Phi) is 11.4. The van der Waals surface area contributed by atoms with E-state index in [0.29, 0.717) is 6.61 Å². The molecule has 3 nitrogen and oxygen atoms in total. The smallest absolute Gasteiger partial charge is 0.138 e. The van der Waals surface area contributed by atoms with Crippen molar-refractivity contribution in [2.45, 2.75) is 26.3 Å². The number of ether oxygens (including phenoxy) is 1. The van der Waals surface area contributed by atoms with Crippen molar-refractivity contribution < 1.29 is 4.74 Å². The Labute approximate surface area is 115 Å². The molecule has 17 heavy (non-hydrogen) atoms. The fraction of sp³-hybridized carbons (Fsp3) is 0.417. The third-order valence-electron chi connectivity index (χ3n) is 1.86. The summed E-state index contributed by atoms with van der Waals surface area (Å²) in [4.78, 5) is 4.09. The van der Waals surface area contributed by atoms with Gasteiger partial charge in [0, 0.05) is 12.2 Å². The first kappa shape index (κ1) is 18.6. The second-order valence-corrected chi connectivity index (χ2v) is 3.50. The van der Waals surface area contributed by atoms with Gasteiger partial charge in [-0.1, -0.05) is 12.2 Å². The minimum Gasteiger partial charge on any atom is -0.492 e. The first-order chi connectivity index (χ1) is 7.22. The lowest BCUT2D eigenvalue weighted by Crippen LogP contribution is -2.12. The Bertz CT molecular complexity index is 330. The number of nitrogens with two attached hydrogens (primary N) is 1. The van der Waals surface area contributed by atoms with Gasteiger partial charge >= 0.3 is 0 Å². The highest BCUT2D eigenvalue weighted by atomic mass is 35.5. The van der Waals surface area contributed by atoms with Crippen molar-refractivity contribution in [3.8, 4) is 5.75 Å². The summed E-state index contributed by atoms with van der Waals surface area (Å²) in [5.41, 5.74) is 6.69. The molecule has 0 radical (unpaired) electrons. The molecule has 1 aromatic heterocycles. The Balaban J connectivity index is 0. The molecule has 2 N–H and O–H groups in total. The van der Waals surface area contributed by atoms with Crippen LogP contribution in [0.3, 0.4) is 0 Å². The predicted octanol–water partition coefficient (Wildman–Crippen LogP) is 3.07. The first-order valence-corrected chi connectivity index (χ1v) is 5.22. The molecule has 1 aromatic rings. The maximum absolute atomic E-state index is 5.64. The lowest BCUT2D eigenvalue weighted by Gasteiger charge is -2.02. The topological polar surface area (TPSA) is 48.1 Å². The normalized spacial score (nSPS) is 11.5. The van der Waals surface area contributed by atoms with Gasteiger partial charge in [0.15, 0.2) is 0 Å². The second kappa shape index (κ2) is 10.4. The number of hydrogen-bond acceptors (Lipinski definition) is 3. The third-order valence-corrected chi connectivity index (χ3v) is 1.86. The van der Waals surface area contributed by atoms with Crippen LogP contribution in [0.25, 0.3) is 6.08 Å². The largest absolute Gasteiger partial charge is 0.492 e. The third kappa shape index (κ3) is 8.02. The van der Waals surface area contributed by atoms with Crippen LogP contribution in [0.1, 0.15) is 25.8 Å². The van der Waals surface area contributed by atoms with Gasteiger partial charge in [-0.2, -0.15) is 0 Å². The molecule has 1 atom stereocenters. The van der Waals surface area contributed by atoms with Gasteiger partial charge in [-0.15, -0.1) is 24.8 Å². The molecular formula is C12H20Cl2N2O. The first-order valence-electron chi connectivity index (χ1n) is 5.22. The van der Waals surface area contributed by atoms with E-state index in [4.69, 9.17) is 10.5 Å². The maximum Gasteiger partial charge on any atom is 0.138 e. The monoisotopic (exact) mass is 278 g/mol. The van der Waals surface area contributed by atoms with E-state index >= 15 is 0 Å². The molecule has 1 heterocycles. The Morgan fingerprint density at radius 1 is 1.41 bits per heavy atom. The van der Waals surface area contributed by atoms with E-state index in [1.54, 1.807) is 12.4 Å². The molecule has 0 unspecified atom stereocenters. The molecular weight excluding hydrogens is 259 g/mol. The second-order valence-electron chi connectivity index (χ2n) is 3.50. The summed E-state index contributed by atoms with van der Waals surface area (Å²) in [6, 6.07) is 2.16. The number of aromatic nitrogens is 1. The summed E-state index contributed by atoms with van der Waals surface area (Å²) in [5, 5.41) is 0. The molecule has 5 heteroatoms. The standard InChI is InChI=1S/C12H18N2O.2ClH/c1-3-15-12-7-11(8-14-9-12)6-4-5-10(2)13;;/h4,6-10H,3,5,13H2,1-2H3;2*1H/b6-4+;;/t10-;;/m0../s1. The number of pyridine rings is 1. The van der Waals surface area contributed by atoms with E-state index in [1.165, 1.54) is 0 Å². The highest BCUT2D eigenvalue weighted by molar-refractivity contribution is 5.85. The van der Waals surface area contributed by atoms with Crippen LogP contribution in [-0.4, -0.2) is 17.6 Å². The molecule has 0 aliphatic carbocycles. The molecule has 0 aromatic carbocycles. The lowest BCUT2D eigenvalue weighted by molar-refractivity contribution is 0.339. The van der Waals surface area contributed by atoms with Crippen LogP contribution in [0.4, 0.5) is 0 Å². The van der Waals surface area contributed by atoms with Crippen LogP contribution >= 0.6 is 24.8 Å². The van der Waals surface area contributed by atoms with E-state index in [1.807, 2.05) is 26.0 Å². The Hall–Kier alpha value is -0.770. The number of halogens is 2. The van der Waals surface area contributed by atoms with Crippen molar-refractivity contribution >= 4 is 30.9 Å². The Morgan fingerprint density at radius 3 is 2.71 bits per heavy atom. The molecule has 0 aliphatic rings. The molecule has 0 saturated heterocycles. The van der Waals surface area contributed by atoms with E-state index < -0.39 is 0 Å². The fourth-order valence-corrected chi connectivity index (χ4v) is 1.19. The number of hydrogen-bond donors (Lipinski definition) is 1. The van der Waals surface area contributed by atoms with Crippen LogP contribution in [0.5, 0.6) is 5.75 Å². The zero-order valence-electron chi connectivity index (χ0n) is 10.1. The van der Waals surface area contributed by atoms with E-state index in [9.17, 15) is 0 Å². The summed E-state index contributed by atoms with van der Waals surface area (Å²) in [5.74, 6) is 0.806. The maximum atomic E-state index is 5.64. The SMILES string of the molecule is CCOc1cncc(/C=C/C[C@H](C)N)c1.Cl.Cl. The van der Waals surface area contributed by atoms with E-state index in [0.717, 1.165) is 17.7 Å². The van der Waals surface area contributed by atoms with Crippen molar-refractivity contribution in [1.82, 2.24) is 4.98 Å². The zero-order valence-corrected chi connectivity index (χ0v) is 11.8. The van der Waals surface area contributed by atoms with Gasteiger partial charge in [0.25, 0.3) is 0 Å². The minimum atomic E-state index is 0. The molecule has 0 bridgehead atoms. The van der Waals surface area contributed by atoms with Gasteiger partial charge in [0.1, 0.15) is 5.75 Å². The summed E-state index contributed by atoms with van der Waals surface area (Å²) >= 11 is 0. The van der Waals surface area contributed by atoms with Gasteiger partial charge < -0.3 is 10.5 Å². The van der Waals surface area contributed by atoms with Gasteiger partial charge in [0.2, 0.25) is 0 Å². The number of rotatable bonds is 5.